The molecule has 0 saturated carbocycles. The summed E-state index contributed by atoms with van der Waals surface area (Å²) in [7, 11) is 0. The molecule has 2 rings (SSSR count). The number of halogens is 1. The fraction of sp³-hybridized carbons (Fsp3) is 0.235. The first-order valence-electron chi connectivity index (χ1n) is 6.86. The number of rotatable bonds is 6. The maximum absolute atomic E-state index is 11.5. The first kappa shape index (κ1) is 15.6. The van der Waals surface area contributed by atoms with Crippen LogP contribution in [0.2, 0.25) is 0 Å². The minimum absolute atomic E-state index is 0.176. The van der Waals surface area contributed by atoms with E-state index in [1.165, 1.54) is 0 Å². The summed E-state index contributed by atoms with van der Waals surface area (Å²) < 4.78 is 0.970. The number of hydrogen-bond donors (Lipinski definition) is 2. The zero-order valence-electron chi connectivity index (χ0n) is 11.8. The van der Waals surface area contributed by atoms with Crippen LogP contribution in [0, 0.1) is 0 Å². The normalized spacial score (nSPS) is 13.4. The second kappa shape index (κ2) is 7.27. The summed E-state index contributed by atoms with van der Waals surface area (Å²) in [5.74, 6) is -0.657. The lowest BCUT2D eigenvalue weighted by atomic mass is 9.94. The van der Waals surface area contributed by atoms with Crippen molar-refractivity contribution in [3.63, 3.8) is 0 Å². The number of carboxylic acid groups (broad SMARTS) is 1. The van der Waals surface area contributed by atoms with Gasteiger partial charge in [-0.15, -0.1) is 0 Å². The molecular formula is C17H18BrNO2. The van der Waals surface area contributed by atoms with Crippen molar-refractivity contribution in [1.82, 2.24) is 0 Å². The molecule has 21 heavy (non-hydrogen) atoms. The molecule has 2 atom stereocenters. The Labute approximate surface area is 133 Å². The van der Waals surface area contributed by atoms with Crippen molar-refractivity contribution in [1.29, 1.82) is 0 Å². The summed E-state index contributed by atoms with van der Waals surface area (Å²) in [6, 6.07) is 16.9. The van der Waals surface area contributed by atoms with Gasteiger partial charge >= 0.3 is 5.97 Å². The Morgan fingerprint density at radius 3 is 2.33 bits per heavy atom. The van der Waals surface area contributed by atoms with Crippen LogP contribution in [0.25, 0.3) is 0 Å². The van der Waals surface area contributed by atoms with Crippen LogP contribution in [0.1, 0.15) is 24.8 Å². The van der Waals surface area contributed by atoms with E-state index in [4.69, 9.17) is 0 Å². The van der Waals surface area contributed by atoms with Crippen molar-refractivity contribution in [3.05, 3.63) is 64.6 Å². The summed E-state index contributed by atoms with van der Waals surface area (Å²) in [5, 5.41) is 12.5. The van der Waals surface area contributed by atoms with Crippen LogP contribution in [0.3, 0.4) is 0 Å². The van der Waals surface area contributed by atoms with Crippen LogP contribution in [0.4, 0.5) is 5.69 Å². The number of aliphatic carboxylic acids is 1. The van der Waals surface area contributed by atoms with Crippen LogP contribution >= 0.6 is 15.9 Å². The number of nitrogens with one attached hydrogen (secondary N) is 1. The molecule has 0 radical (unpaired) electrons. The molecule has 0 spiro atoms. The molecule has 2 unspecified atom stereocenters. The molecule has 0 aromatic heterocycles. The maximum Gasteiger partial charge on any atom is 0.326 e. The molecule has 0 bridgehead atoms. The van der Waals surface area contributed by atoms with E-state index in [9.17, 15) is 9.90 Å². The lowest BCUT2D eigenvalue weighted by Crippen LogP contribution is -2.30. The lowest BCUT2D eigenvalue weighted by molar-refractivity contribution is -0.138. The molecule has 110 valence electrons. The van der Waals surface area contributed by atoms with Gasteiger partial charge in [-0.05, 0) is 42.2 Å². The summed E-state index contributed by atoms with van der Waals surface area (Å²) in [6.07, 6.45) is 0.537. The van der Waals surface area contributed by atoms with E-state index in [1.54, 1.807) is 0 Å². The molecular weight excluding hydrogens is 330 g/mol. The van der Waals surface area contributed by atoms with Crippen molar-refractivity contribution >= 4 is 27.6 Å². The predicted molar refractivity (Wildman–Crippen MR) is 88.7 cm³/mol. The van der Waals surface area contributed by atoms with Crippen LogP contribution in [0.5, 0.6) is 0 Å². The minimum Gasteiger partial charge on any atom is -0.480 e. The van der Waals surface area contributed by atoms with E-state index in [0.29, 0.717) is 6.42 Å². The molecule has 2 aromatic carbocycles. The van der Waals surface area contributed by atoms with Crippen molar-refractivity contribution in [3.8, 4) is 0 Å². The highest BCUT2D eigenvalue weighted by atomic mass is 79.9. The molecule has 0 aliphatic heterocycles. The fourth-order valence-electron chi connectivity index (χ4n) is 2.24. The van der Waals surface area contributed by atoms with Crippen molar-refractivity contribution in [2.45, 2.75) is 25.3 Å². The number of carbonyl (C=O) groups is 1. The van der Waals surface area contributed by atoms with Gasteiger partial charge in [0.15, 0.2) is 0 Å². The van der Waals surface area contributed by atoms with E-state index in [-0.39, 0.29) is 5.92 Å². The molecule has 0 amide bonds. The number of hydrogen-bond acceptors (Lipinski definition) is 2. The van der Waals surface area contributed by atoms with Gasteiger partial charge in [0, 0.05) is 10.2 Å². The Morgan fingerprint density at radius 1 is 1.14 bits per heavy atom. The average Bonchev–Trinajstić information content (AvgIpc) is 2.49. The number of carboxylic acids is 1. The highest BCUT2D eigenvalue weighted by Gasteiger charge is 2.21. The second-order valence-corrected chi connectivity index (χ2v) is 6.01. The van der Waals surface area contributed by atoms with Crippen molar-refractivity contribution < 1.29 is 9.90 Å². The van der Waals surface area contributed by atoms with Crippen LogP contribution in [0.15, 0.2) is 59.1 Å². The Hall–Kier alpha value is -1.81. The number of anilines is 1. The zero-order valence-corrected chi connectivity index (χ0v) is 13.4. The third kappa shape index (κ3) is 4.60. The molecule has 2 aromatic rings. The van der Waals surface area contributed by atoms with Gasteiger partial charge in [0.25, 0.3) is 0 Å². The van der Waals surface area contributed by atoms with Gasteiger partial charge in [0.2, 0.25) is 0 Å². The Morgan fingerprint density at radius 2 is 1.76 bits per heavy atom. The smallest absolute Gasteiger partial charge is 0.326 e. The second-order valence-electron chi connectivity index (χ2n) is 5.09. The maximum atomic E-state index is 11.5. The fourth-order valence-corrected chi connectivity index (χ4v) is 2.50. The monoisotopic (exact) mass is 347 g/mol. The van der Waals surface area contributed by atoms with E-state index in [0.717, 1.165) is 15.7 Å². The molecule has 3 nitrogen and oxygen atoms in total. The summed E-state index contributed by atoms with van der Waals surface area (Å²) >= 11 is 3.37. The van der Waals surface area contributed by atoms with E-state index in [1.807, 2.05) is 54.6 Å². The first-order valence-corrected chi connectivity index (χ1v) is 7.65. The van der Waals surface area contributed by atoms with Crippen molar-refractivity contribution in [2.24, 2.45) is 0 Å². The van der Waals surface area contributed by atoms with Gasteiger partial charge in [0.1, 0.15) is 6.04 Å². The number of benzene rings is 2. The van der Waals surface area contributed by atoms with E-state index < -0.39 is 12.0 Å². The third-order valence-corrected chi connectivity index (χ3v) is 3.97. The van der Waals surface area contributed by atoms with Gasteiger partial charge in [0.05, 0.1) is 0 Å². The van der Waals surface area contributed by atoms with Gasteiger partial charge in [-0.2, -0.15) is 0 Å². The SMILES string of the molecule is CC(CC(Nc1ccc(Br)cc1)C(=O)O)c1ccccc1. The van der Waals surface area contributed by atoms with Gasteiger partial charge in [-0.25, -0.2) is 4.79 Å². The quantitative estimate of drug-likeness (QED) is 0.808. The first-order chi connectivity index (χ1) is 10.1. The van der Waals surface area contributed by atoms with Crippen LogP contribution < -0.4 is 5.32 Å². The zero-order chi connectivity index (χ0) is 15.2. The largest absolute Gasteiger partial charge is 0.480 e. The van der Waals surface area contributed by atoms with E-state index in [2.05, 4.69) is 28.2 Å². The molecule has 2 N–H and O–H groups in total. The Kier molecular flexibility index (Phi) is 5.39. The summed E-state index contributed by atoms with van der Waals surface area (Å²) in [4.78, 5) is 11.5. The standard InChI is InChI=1S/C17H18BrNO2/c1-12(13-5-3-2-4-6-13)11-16(17(20)21)19-15-9-7-14(18)8-10-15/h2-10,12,16,19H,11H2,1H3,(H,20,21). The Bertz CT molecular complexity index is 583. The van der Waals surface area contributed by atoms with Crippen LogP contribution in [-0.2, 0) is 4.79 Å². The minimum atomic E-state index is -0.833. The topological polar surface area (TPSA) is 49.3 Å². The van der Waals surface area contributed by atoms with E-state index >= 15 is 0 Å². The Balaban J connectivity index is 2.05. The molecule has 0 heterocycles. The lowest BCUT2D eigenvalue weighted by Gasteiger charge is -2.20. The van der Waals surface area contributed by atoms with Gasteiger partial charge in [-0.1, -0.05) is 53.2 Å². The molecule has 4 heteroatoms. The third-order valence-electron chi connectivity index (χ3n) is 3.44. The molecule has 0 aliphatic carbocycles. The highest BCUT2D eigenvalue weighted by Crippen LogP contribution is 2.23. The average molecular weight is 348 g/mol. The predicted octanol–water partition coefficient (Wildman–Crippen LogP) is 4.51. The van der Waals surface area contributed by atoms with Crippen LogP contribution in [-0.4, -0.2) is 17.1 Å². The van der Waals surface area contributed by atoms with Gasteiger partial charge < -0.3 is 10.4 Å². The van der Waals surface area contributed by atoms with Crippen molar-refractivity contribution in [2.75, 3.05) is 5.32 Å². The molecule has 0 saturated heterocycles. The molecule has 0 fully saturated rings. The highest BCUT2D eigenvalue weighted by molar-refractivity contribution is 9.10. The molecule has 0 aliphatic rings. The summed E-state index contributed by atoms with van der Waals surface area (Å²) in [6.45, 7) is 2.05. The summed E-state index contributed by atoms with van der Waals surface area (Å²) in [5.41, 5.74) is 1.97. The van der Waals surface area contributed by atoms with Gasteiger partial charge in [-0.3, -0.25) is 0 Å².